The van der Waals surface area contributed by atoms with Crippen LogP contribution in [0, 0.1) is 0 Å². The van der Waals surface area contributed by atoms with Crippen LogP contribution in [0.25, 0.3) is 11.0 Å². The van der Waals surface area contributed by atoms with Crippen LogP contribution >= 0.6 is 0 Å². The molecular weight excluding hydrogens is 280 g/mol. The lowest BCUT2D eigenvalue weighted by Crippen LogP contribution is -2.33. The van der Waals surface area contributed by atoms with E-state index in [0.29, 0.717) is 23.9 Å². The number of fused-ring (bicyclic) bond motifs is 1. The number of aromatic nitrogens is 1. The van der Waals surface area contributed by atoms with E-state index < -0.39 is 0 Å². The average Bonchev–Trinajstić information content (AvgIpc) is 3.09. The molecule has 22 heavy (non-hydrogen) atoms. The number of nitrogens with zero attached hydrogens (tertiary/aromatic N) is 2. The number of amides is 1. The second-order valence-corrected chi connectivity index (χ2v) is 5.63. The highest BCUT2D eigenvalue weighted by atomic mass is 16.5. The van der Waals surface area contributed by atoms with Gasteiger partial charge in [-0.2, -0.15) is 0 Å². The zero-order valence-electron chi connectivity index (χ0n) is 12.1. The number of benzene rings is 1. The van der Waals surface area contributed by atoms with Gasteiger partial charge in [-0.1, -0.05) is 17.3 Å². The zero-order valence-corrected chi connectivity index (χ0v) is 12.1. The highest BCUT2D eigenvalue weighted by Gasteiger charge is 2.33. The Morgan fingerprint density at radius 2 is 2.09 bits per heavy atom. The third-order valence-electron chi connectivity index (χ3n) is 3.99. The molecule has 112 valence electrons. The molecule has 0 N–H and O–H groups in total. The van der Waals surface area contributed by atoms with E-state index in [2.05, 4.69) is 5.16 Å². The number of para-hydroxylation sites is 1. The van der Waals surface area contributed by atoms with Crippen molar-refractivity contribution in [2.75, 3.05) is 0 Å². The summed E-state index contributed by atoms with van der Waals surface area (Å²) >= 11 is 0. The Labute approximate surface area is 127 Å². The van der Waals surface area contributed by atoms with Crippen LogP contribution in [0.2, 0.25) is 0 Å². The van der Waals surface area contributed by atoms with E-state index in [1.807, 2.05) is 41.3 Å². The molecule has 5 heteroatoms. The van der Waals surface area contributed by atoms with E-state index in [-0.39, 0.29) is 12.3 Å². The highest BCUT2D eigenvalue weighted by molar-refractivity contribution is 5.86. The van der Waals surface area contributed by atoms with Crippen molar-refractivity contribution in [1.29, 1.82) is 0 Å². The number of hydrogen-bond acceptors (Lipinski definition) is 4. The lowest BCUT2D eigenvalue weighted by atomic mass is 10.1. The monoisotopic (exact) mass is 296 g/mol. The fraction of sp³-hybridized carbons (Fsp3) is 0.294. The third-order valence-corrected chi connectivity index (χ3v) is 3.99. The van der Waals surface area contributed by atoms with Crippen LogP contribution in [-0.2, 0) is 17.8 Å². The summed E-state index contributed by atoms with van der Waals surface area (Å²) in [7, 11) is 0. The smallest absolute Gasteiger partial charge is 0.229 e. The fourth-order valence-electron chi connectivity index (χ4n) is 2.69. The molecule has 1 saturated carbocycles. The van der Waals surface area contributed by atoms with Crippen molar-refractivity contribution in [2.24, 2.45) is 0 Å². The Morgan fingerprint density at radius 3 is 2.86 bits per heavy atom. The van der Waals surface area contributed by atoms with Crippen molar-refractivity contribution in [2.45, 2.75) is 31.8 Å². The molecule has 1 aliphatic carbocycles. The molecule has 0 radical (unpaired) electrons. The van der Waals surface area contributed by atoms with Crippen molar-refractivity contribution in [3.05, 3.63) is 54.1 Å². The molecule has 0 saturated heterocycles. The van der Waals surface area contributed by atoms with E-state index in [0.717, 1.165) is 24.0 Å². The summed E-state index contributed by atoms with van der Waals surface area (Å²) < 4.78 is 10.6. The van der Waals surface area contributed by atoms with Gasteiger partial charge in [0.1, 0.15) is 11.5 Å². The zero-order chi connectivity index (χ0) is 14.9. The van der Waals surface area contributed by atoms with E-state index in [1.54, 1.807) is 6.26 Å². The van der Waals surface area contributed by atoms with Crippen LogP contribution in [0.4, 0.5) is 0 Å². The van der Waals surface area contributed by atoms with E-state index >= 15 is 0 Å². The maximum absolute atomic E-state index is 12.7. The summed E-state index contributed by atoms with van der Waals surface area (Å²) in [4.78, 5) is 14.6. The van der Waals surface area contributed by atoms with Crippen molar-refractivity contribution >= 4 is 16.9 Å². The molecule has 0 aliphatic heterocycles. The molecule has 1 fully saturated rings. The summed E-state index contributed by atoms with van der Waals surface area (Å²) in [5, 5.41) is 4.96. The number of hydrogen-bond donors (Lipinski definition) is 0. The molecule has 1 aliphatic rings. The molecule has 0 bridgehead atoms. The first-order valence-electron chi connectivity index (χ1n) is 7.46. The molecule has 2 heterocycles. The summed E-state index contributed by atoms with van der Waals surface area (Å²) in [6.07, 6.45) is 4.02. The number of rotatable bonds is 5. The maximum atomic E-state index is 12.7. The van der Waals surface area contributed by atoms with Crippen LogP contribution in [0.3, 0.4) is 0 Å². The molecule has 1 amide bonds. The molecule has 3 aromatic rings. The first-order valence-corrected chi connectivity index (χ1v) is 7.46. The summed E-state index contributed by atoms with van der Waals surface area (Å²) in [5.41, 5.74) is 1.42. The Balaban J connectivity index is 1.54. The second-order valence-electron chi connectivity index (χ2n) is 5.63. The van der Waals surface area contributed by atoms with E-state index in [4.69, 9.17) is 8.94 Å². The largest absolute Gasteiger partial charge is 0.467 e. The molecule has 5 nitrogen and oxygen atoms in total. The minimum Gasteiger partial charge on any atom is -0.467 e. The number of carbonyl (C=O) groups is 1. The van der Waals surface area contributed by atoms with Crippen molar-refractivity contribution in [3.8, 4) is 0 Å². The van der Waals surface area contributed by atoms with Gasteiger partial charge in [-0.05, 0) is 37.1 Å². The molecular formula is C17H16N2O3. The predicted molar refractivity (Wildman–Crippen MR) is 80.0 cm³/mol. The van der Waals surface area contributed by atoms with Gasteiger partial charge < -0.3 is 13.8 Å². The molecule has 0 unspecified atom stereocenters. The van der Waals surface area contributed by atoms with Crippen LogP contribution in [0.15, 0.2) is 51.6 Å². The lowest BCUT2D eigenvalue weighted by molar-refractivity contribution is -0.132. The van der Waals surface area contributed by atoms with Gasteiger partial charge in [0.25, 0.3) is 0 Å². The van der Waals surface area contributed by atoms with Gasteiger partial charge in [0.05, 0.1) is 19.2 Å². The Hall–Kier alpha value is -2.56. The third kappa shape index (κ3) is 2.50. The second kappa shape index (κ2) is 5.33. The standard InChI is InChI=1S/C17H16N2O3/c20-17(10-15-14-5-1-2-6-16(14)22-18-15)19(12-7-8-12)11-13-4-3-9-21-13/h1-6,9,12H,7-8,10-11H2. The van der Waals surface area contributed by atoms with Gasteiger partial charge in [0, 0.05) is 11.4 Å². The van der Waals surface area contributed by atoms with Gasteiger partial charge in [0.2, 0.25) is 5.91 Å². The van der Waals surface area contributed by atoms with Crippen LogP contribution in [-0.4, -0.2) is 22.0 Å². The Morgan fingerprint density at radius 1 is 1.23 bits per heavy atom. The highest BCUT2D eigenvalue weighted by Crippen LogP contribution is 2.29. The number of carbonyl (C=O) groups excluding carboxylic acids is 1. The summed E-state index contributed by atoms with van der Waals surface area (Å²) in [6.45, 7) is 0.520. The normalized spacial score (nSPS) is 14.4. The topological polar surface area (TPSA) is 59.5 Å². The number of furan rings is 1. The van der Waals surface area contributed by atoms with Gasteiger partial charge in [0.15, 0.2) is 5.58 Å². The van der Waals surface area contributed by atoms with Crippen LogP contribution in [0.1, 0.15) is 24.3 Å². The average molecular weight is 296 g/mol. The van der Waals surface area contributed by atoms with Gasteiger partial charge in [-0.15, -0.1) is 0 Å². The van der Waals surface area contributed by atoms with E-state index in [9.17, 15) is 4.79 Å². The summed E-state index contributed by atoms with van der Waals surface area (Å²) in [6, 6.07) is 11.7. The quantitative estimate of drug-likeness (QED) is 0.725. The molecule has 0 atom stereocenters. The first kappa shape index (κ1) is 13.1. The lowest BCUT2D eigenvalue weighted by Gasteiger charge is -2.20. The van der Waals surface area contributed by atoms with Crippen molar-refractivity contribution < 1.29 is 13.7 Å². The maximum Gasteiger partial charge on any atom is 0.229 e. The van der Waals surface area contributed by atoms with Gasteiger partial charge in [-0.25, -0.2) is 0 Å². The Kier molecular flexibility index (Phi) is 3.18. The first-order chi connectivity index (χ1) is 10.8. The minimum atomic E-state index is 0.0675. The molecule has 2 aromatic heterocycles. The van der Waals surface area contributed by atoms with Crippen molar-refractivity contribution in [1.82, 2.24) is 10.1 Å². The van der Waals surface area contributed by atoms with Crippen LogP contribution in [0.5, 0.6) is 0 Å². The predicted octanol–water partition coefficient (Wildman–Crippen LogP) is 3.15. The molecule has 0 spiro atoms. The fourth-order valence-corrected chi connectivity index (χ4v) is 2.69. The van der Waals surface area contributed by atoms with Crippen LogP contribution < -0.4 is 0 Å². The summed E-state index contributed by atoms with van der Waals surface area (Å²) in [5.74, 6) is 0.878. The van der Waals surface area contributed by atoms with E-state index in [1.165, 1.54) is 0 Å². The van der Waals surface area contributed by atoms with Crippen molar-refractivity contribution in [3.63, 3.8) is 0 Å². The molecule has 1 aromatic carbocycles. The van der Waals surface area contributed by atoms with Gasteiger partial charge >= 0.3 is 0 Å². The van der Waals surface area contributed by atoms with Gasteiger partial charge in [-0.3, -0.25) is 4.79 Å². The SMILES string of the molecule is O=C(Cc1noc2ccccc12)N(Cc1ccco1)C1CC1. The Bertz CT molecular complexity index is 787. The molecule has 4 rings (SSSR count). The minimum absolute atomic E-state index is 0.0675.